The second-order valence-corrected chi connectivity index (χ2v) is 5.36. The molecule has 2 aromatic rings. The molecular weight excluding hydrogens is 290 g/mol. The van der Waals surface area contributed by atoms with Crippen molar-refractivity contribution in [3.63, 3.8) is 0 Å². The zero-order valence-electron chi connectivity index (χ0n) is 14.3. The summed E-state index contributed by atoms with van der Waals surface area (Å²) in [5.41, 5.74) is 2.34. The lowest BCUT2D eigenvalue weighted by atomic mass is 10.2. The first-order valence-corrected chi connectivity index (χ1v) is 7.73. The van der Waals surface area contributed by atoms with Crippen LogP contribution in [0.25, 0.3) is 0 Å². The van der Waals surface area contributed by atoms with Crippen LogP contribution in [0.5, 0.6) is 5.75 Å². The van der Waals surface area contributed by atoms with Crippen molar-refractivity contribution in [1.82, 2.24) is 20.0 Å². The highest BCUT2D eigenvalue weighted by Crippen LogP contribution is 2.13. The van der Waals surface area contributed by atoms with Gasteiger partial charge in [-0.3, -0.25) is 9.67 Å². The summed E-state index contributed by atoms with van der Waals surface area (Å²) in [4.78, 5) is 6.42. The van der Waals surface area contributed by atoms with E-state index in [0.717, 1.165) is 23.8 Å². The van der Waals surface area contributed by atoms with Crippen molar-refractivity contribution < 1.29 is 4.74 Å². The van der Waals surface area contributed by atoms with E-state index in [1.54, 1.807) is 11.7 Å². The third-order valence-corrected chi connectivity index (χ3v) is 3.44. The Hall–Kier alpha value is -2.50. The van der Waals surface area contributed by atoms with Crippen LogP contribution in [-0.2, 0) is 20.1 Å². The average molecular weight is 315 g/mol. The maximum Gasteiger partial charge on any atom is 0.193 e. The van der Waals surface area contributed by atoms with Crippen molar-refractivity contribution >= 4 is 5.96 Å². The Labute approximate surface area is 137 Å². The van der Waals surface area contributed by atoms with Crippen LogP contribution in [0.4, 0.5) is 0 Å². The maximum atomic E-state index is 5.47. The number of aryl methyl sites for hydroxylation is 1. The monoisotopic (exact) mass is 315 g/mol. The average Bonchev–Trinajstić information content (AvgIpc) is 2.95. The first-order chi connectivity index (χ1) is 11.1. The van der Waals surface area contributed by atoms with E-state index in [9.17, 15) is 0 Å². The van der Waals surface area contributed by atoms with E-state index >= 15 is 0 Å². The van der Waals surface area contributed by atoms with Gasteiger partial charge in [-0.1, -0.05) is 12.1 Å². The van der Waals surface area contributed by atoms with Crippen LogP contribution in [-0.4, -0.2) is 41.3 Å². The summed E-state index contributed by atoms with van der Waals surface area (Å²) in [6.07, 6.45) is 3.85. The number of hydrogen-bond acceptors (Lipinski definition) is 3. The van der Waals surface area contributed by atoms with Gasteiger partial charge in [-0.2, -0.15) is 5.10 Å². The fraction of sp³-hybridized carbons (Fsp3) is 0.412. The molecule has 1 N–H and O–H groups in total. The van der Waals surface area contributed by atoms with Gasteiger partial charge in [-0.25, -0.2) is 0 Å². The predicted octanol–water partition coefficient (Wildman–Crippen LogP) is 2.03. The molecule has 0 unspecified atom stereocenters. The normalized spacial score (nSPS) is 11.4. The highest BCUT2D eigenvalue weighted by Gasteiger charge is 2.07. The fourth-order valence-electron chi connectivity index (χ4n) is 2.34. The van der Waals surface area contributed by atoms with Gasteiger partial charge in [-0.15, -0.1) is 0 Å². The molecule has 0 aliphatic heterocycles. The molecule has 0 aliphatic rings. The molecule has 0 fully saturated rings. The minimum atomic E-state index is 0.685. The Morgan fingerprint density at radius 3 is 2.61 bits per heavy atom. The Morgan fingerprint density at radius 2 is 2.04 bits per heavy atom. The van der Waals surface area contributed by atoms with E-state index in [0.29, 0.717) is 13.2 Å². The van der Waals surface area contributed by atoms with Crippen LogP contribution >= 0.6 is 0 Å². The van der Waals surface area contributed by atoms with Gasteiger partial charge in [0, 0.05) is 46.0 Å². The van der Waals surface area contributed by atoms with E-state index < -0.39 is 0 Å². The summed E-state index contributed by atoms with van der Waals surface area (Å²) >= 11 is 0. The van der Waals surface area contributed by atoms with Crippen LogP contribution in [0.3, 0.4) is 0 Å². The number of hydrogen-bond donors (Lipinski definition) is 1. The van der Waals surface area contributed by atoms with E-state index in [1.165, 1.54) is 5.56 Å². The lowest BCUT2D eigenvalue weighted by Gasteiger charge is -2.22. The first-order valence-electron chi connectivity index (χ1n) is 7.73. The van der Waals surface area contributed by atoms with Crippen LogP contribution in [0.2, 0.25) is 0 Å². The Morgan fingerprint density at radius 1 is 1.30 bits per heavy atom. The number of nitrogens with zero attached hydrogens (tertiary/aromatic N) is 4. The molecule has 0 radical (unpaired) electrons. The number of nitrogens with one attached hydrogen (secondary N) is 1. The topological polar surface area (TPSA) is 54.7 Å². The van der Waals surface area contributed by atoms with Crippen LogP contribution < -0.4 is 10.1 Å². The number of aromatic nitrogens is 2. The minimum absolute atomic E-state index is 0.685. The predicted molar refractivity (Wildman–Crippen MR) is 92.5 cm³/mol. The van der Waals surface area contributed by atoms with Crippen molar-refractivity contribution in [1.29, 1.82) is 0 Å². The van der Waals surface area contributed by atoms with E-state index in [2.05, 4.69) is 32.4 Å². The molecule has 1 aromatic heterocycles. The van der Waals surface area contributed by atoms with Crippen LogP contribution in [0.15, 0.2) is 41.7 Å². The number of aliphatic imine (C=N–C) groups is 1. The summed E-state index contributed by atoms with van der Waals surface area (Å²) < 4.78 is 7.26. The molecule has 2 rings (SSSR count). The van der Waals surface area contributed by atoms with Gasteiger partial charge in [0.25, 0.3) is 0 Å². The number of guanidine groups is 1. The van der Waals surface area contributed by atoms with Crippen molar-refractivity contribution in [2.75, 3.05) is 20.7 Å². The largest absolute Gasteiger partial charge is 0.494 e. The summed E-state index contributed by atoms with van der Waals surface area (Å²) in [5.74, 6) is 1.75. The minimum Gasteiger partial charge on any atom is -0.494 e. The number of benzene rings is 1. The second kappa shape index (κ2) is 8.22. The third kappa shape index (κ3) is 5.02. The third-order valence-electron chi connectivity index (χ3n) is 3.44. The second-order valence-electron chi connectivity index (χ2n) is 5.36. The molecule has 6 heteroatoms. The highest BCUT2D eigenvalue weighted by atomic mass is 16.5. The summed E-state index contributed by atoms with van der Waals surface area (Å²) in [6, 6.07) is 8.16. The SMILES string of the molecule is CCOc1ccc(CN(C)C(=NC)NCc2cnn(C)c2)cc1. The Balaban J connectivity index is 1.90. The Kier molecular flexibility index (Phi) is 6.02. The molecule has 23 heavy (non-hydrogen) atoms. The van der Waals surface area contributed by atoms with Gasteiger partial charge < -0.3 is 15.0 Å². The van der Waals surface area contributed by atoms with Crippen molar-refractivity contribution in [2.45, 2.75) is 20.0 Å². The smallest absolute Gasteiger partial charge is 0.193 e. The van der Waals surface area contributed by atoms with Crippen LogP contribution in [0.1, 0.15) is 18.1 Å². The molecule has 6 nitrogen and oxygen atoms in total. The van der Waals surface area contributed by atoms with Gasteiger partial charge in [0.2, 0.25) is 0 Å². The van der Waals surface area contributed by atoms with Gasteiger partial charge >= 0.3 is 0 Å². The molecule has 0 spiro atoms. The maximum absolute atomic E-state index is 5.47. The van der Waals surface area contributed by atoms with Crippen LogP contribution in [0, 0.1) is 0 Å². The van der Waals surface area contributed by atoms with Gasteiger partial charge in [0.15, 0.2) is 5.96 Å². The standard InChI is InChI=1S/C17H25N5O/c1-5-23-16-8-6-14(7-9-16)12-21(3)17(18-2)19-10-15-11-20-22(4)13-15/h6-9,11,13H,5,10,12H2,1-4H3,(H,18,19). The zero-order valence-corrected chi connectivity index (χ0v) is 14.3. The van der Waals surface area contributed by atoms with Crippen molar-refractivity contribution in [3.05, 3.63) is 47.8 Å². The fourth-order valence-corrected chi connectivity index (χ4v) is 2.34. The molecule has 0 bridgehead atoms. The van der Waals surface area contributed by atoms with Crippen molar-refractivity contribution in [3.8, 4) is 5.75 Å². The highest BCUT2D eigenvalue weighted by molar-refractivity contribution is 5.79. The molecular formula is C17H25N5O. The molecule has 0 saturated carbocycles. The molecule has 0 amide bonds. The van der Waals surface area contributed by atoms with Gasteiger partial charge in [-0.05, 0) is 24.6 Å². The van der Waals surface area contributed by atoms with Gasteiger partial charge in [0.1, 0.15) is 5.75 Å². The molecule has 0 atom stereocenters. The lowest BCUT2D eigenvalue weighted by Crippen LogP contribution is -2.37. The molecule has 0 saturated heterocycles. The Bertz CT molecular complexity index is 633. The summed E-state index contributed by atoms with van der Waals surface area (Å²) in [6.45, 7) is 4.15. The van der Waals surface area contributed by atoms with Crippen molar-refractivity contribution in [2.24, 2.45) is 12.0 Å². The first kappa shape index (κ1) is 16.9. The summed E-state index contributed by atoms with van der Waals surface area (Å²) in [5, 5.41) is 7.52. The van der Waals surface area contributed by atoms with E-state index in [-0.39, 0.29) is 0 Å². The molecule has 0 aliphatic carbocycles. The zero-order chi connectivity index (χ0) is 16.7. The van der Waals surface area contributed by atoms with Gasteiger partial charge in [0.05, 0.1) is 12.8 Å². The molecule has 1 aromatic carbocycles. The summed E-state index contributed by atoms with van der Waals surface area (Å²) in [7, 11) is 5.73. The molecule has 124 valence electrons. The molecule has 1 heterocycles. The number of rotatable bonds is 6. The van der Waals surface area contributed by atoms with E-state index in [4.69, 9.17) is 4.74 Å². The number of ether oxygens (including phenoxy) is 1. The quantitative estimate of drug-likeness (QED) is 0.654. The van der Waals surface area contributed by atoms with E-state index in [1.807, 2.05) is 45.5 Å². The lowest BCUT2D eigenvalue weighted by molar-refractivity contribution is 0.340.